The highest BCUT2D eigenvalue weighted by Gasteiger charge is 2.16. The second-order valence-electron chi connectivity index (χ2n) is 3.55. The number of carbonyl (C=O) groups is 1. The summed E-state index contributed by atoms with van der Waals surface area (Å²) in [5.41, 5.74) is 4.83. The molecular formula is C7H12N4O. The molecule has 66 valence electrons. The molecule has 0 aromatic carbocycles. The van der Waals surface area contributed by atoms with Gasteiger partial charge < -0.3 is 5.73 Å². The fourth-order valence-electron chi connectivity index (χ4n) is 0.699. The van der Waals surface area contributed by atoms with Gasteiger partial charge in [0.05, 0.1) is 5.54 Å². The van der Waals surface area contributed by atoms with Crippen LogP contribution in [0.3, 0.4) is 0 Å². The summed E-state index contributed by atoms with van der Waals surface area (Å²) < 4.78 is 1.60. The number of primary amides is 1. The van der Waals surface area contributed by atoms with Crippen molar-refractivity contribution in [1.82, 2.24) is 14.8 Å². The average molecular weight is 168 g/mol. The molecule has 0 atom stereocenters. The first kappa shape index (κ1) is 8.70. The smallest absolute Gasteiger partial charge is 0.288 e. The average Bonchev–Trinajstić information content (AvgIpc) is 2.30. The van der Waals surface area contributed by atoms with Crippen LogP contribution in [0, 0.1) is 0 Å². The Labute approximate surface area is 70.6 Å². The van der Waals surface area contributed by atoms with Gasteiger partial charge in [-0.05, 0) is 20.8 Å². The molecule has 0 aliphatic carbocycles. The number of hydrogen-bond acceptors (Lipinski definition) is 3. The lowest BCUT2D eigenvalue weighted by Gasteiger charge is -2.17. The Morgan fingerprint density at radius 3 is 2.42 bits per heavy atom. The van der Waals surface area contributed by atoms with Crippen molar-refractivity contribution in [3.8, 4) is 0 Å². The Morgan fingerprint density at radius 2 is 2.17 bits per heavy atom. The second kappa shape index (κ2) is 2.58. The van der Waals surface area contributed by atoms with Crippen molar-refractivity contribution in [3.05, 3.63) is 12.2 Å². The Balaban J connectivity index is 3.00. The predicted octanol–water partition coefficient (Wildman–Crippen LogP) is 0.132. The molecular weight excluding hydrogens is 156 g/mol. The molecule has 1 rings (SSSR count). The van der Waals surface area contributed by atoms with Crippen LogP contribution in [0.5, 0.6) is 0 Å². The maximum absolute atomic E-state index is 10.6. The number of hydrogen-bond donors (Lipinski definition) is 1. The molecule has 0 radical (unpaired) electrons. The van der Waals surface area contributed by atoms with E-state index in [1.165, 1.54) is 6.33 Å². The molecule has 1 heterocycles. The minimum atomic E-state index is -0.599. The van der Waals surface area contributed by atoms with E-state index in [4.69, 9.17) is 5.73 Å². The monoisotopic (exact) mass is 168 g/mol. The molecule has 1 aromatic heterocycles. The zero-order valence-corrected chi connectivity index (χ0v) is 7.40. The molecule has 1 amide bonds. The molecule has 0 saturated heterocycles. The molecule has 5 heteroatoms. The number of aromatic nitrogens is 3. The van der Waals surface area contributed by atoms with Crippen molar-refractivity contribution in [2.75, 3.05) is 0 Å². The minimum absolute atomic E-state index is 0.0601. The first-order valence-electron chi connectivity index (χ1n) is 3.63. The normalized spacial score (nSPS) is 11.6. The van der Waals surface area contributed by atoms with Gasteiger partial charge in [0.25, 0.3) is 5.91 Å². The van der Waals surface area contributed by atoms with Crippen LogP contribution in [0.25, 0.3) is 0 Å². The number of rotatable bonds is 1. The van der Waals surface area contributed by atoms with Gasteiger partial charge in [0, 0.05) is 0 Å². The molecule has 0 aliphatic heterocycles. The quantitative estimate of drug-likeness (QED) is 0.647. The predicted molar refractivity (Wildman–Crippen MR) is 43.5 cm³/mol. The van der Waals surface area contributed by atoms with Gasteiger partial charge in [-0.2, -0.15) is 0 Å². The van der Waals surface area contributed by atoms with Crippen molar-refractivity contribution in [1.29, 1.82) is 0 Å². The van der Waals surface area contributed by atoms with Gasteiger partial charge >= 0.3 is 0 Å². The number of nitrogens with two attached hydrogens (primary N) is 1. The summed E-state index contributed by atoms with van der Waals surface area (Å²) in [5.74, 6) is -0.539. The van der Waals surface area contributed by atoms with E-state index < -0.39 is 5.91 Å². The van der Waals surface area contributed by atoms with E-state index in [9.17, 15) is 4.79 Å². The Kier molecular flexibility index (Phi) is 1.87. The van der Waals surface area contributed by atoms with Gasteiger partial charge in [-0.3, -0.25) is 4.79 Å². The van der Waals surface area contributed by atoms with E-state index in [0.717, 1.165) is 0 Å². The van der Waals surface area contributed by atoms with Crippen LogP contribution in [-0.2, 0) is 5.54 Å². The lowest BCUT2D eigenvalue weighted by molar-refractivity contribution is 0.0989. The molecule has 0 unspecified atom stereocenters. The van der Waals surface area contributed by atoms with Gasteiger partial charge in [-0.25, -0.2) is 9.67 Å². The third-order valence-electron chi connectivity index (χ3n) is 1.40. The van der Waals surface area contributed by atoms with Crippen LogP contribution in [0.4, 0.5) is 0 Å². The van der Waals surface area contributed by atoms with Crippen LogP contribution >= 0.6 is 0 Å². The molecule has 0 bridgehead atoms. The van der Waals surface area contributed by atoms with Gasteiger partial charge in [-0.15, -0.1) is 5.10 Å². The van der Waals surface area contributed by atoms with Crippen molar-refractivity contribution >= 4 is 5.91 Å². The highest BCUT2D eigenvalue weighted by atomic mass is 16.1. The van der Waals surface area contributed by atoms with E-state index in [2.05, 4.69) is 10.1 Å². The van der Waals surface area contributed by atoms with Crippen LogP contribution in [0.15, 0.2) is 6.33 Å². The molecule has 1 aromatic rings. The second-order valence-corrected chi connectivity index (χ2v) is 3.55. The van der Waals surface area contributed by atoms with Crippen LogP contribution < -0.4 is 5.73 Å². The summed E-state index contributed by atoms with van der Waals surface area (Å²) in [7, 11) is 0. The van der Waals surface area contributed by atoms with Gasteiger partial charge in [0.1, 0.15) is 6.33 Å². The lowest BCUT2D eigenvalue weighted by atomic mass is 10.1. The Hall–Kier alpha value is -1.39. The molecule has 0 spiro atoms. The van der Waals surface area contributed by atoms with Crippen LogP contribution in [0.1, 0.15) is 31.4 Å². The third kappa shape index (κ3) is 1.61. The highest BCUT2D eigenvalue weighted by Crippen LogP contribution is 2.10. The minimum Gasteiger partial charge on any atom is -0.363 e. The van der Waals surface area contributed by atoms with E-state index >= 15 is 0 Å². The van der Waals surface area contributed by atoms with Crippen LogP contribution in [-0.4, -0.2) is 20.7 Å². The van der Waals surface area contributed by atoms with E-state index in [1.54, 1.807) is 4.68 Å². The summed E-state index contributed by atoms with van der Waals surface area (Å²) in [5, 5.41) is 3.91. The zero-order valence-electron chi connectivity index (χ0n) is 7.40. The van der Waals surface area contributed by atoms with Crippen LogP contribution in [0.2, 0.25) is 0 Å². The maximum atomic E-state index is 10.6. The molecule has 2 N–H and O–H groups in total. The van der Waals surface area contributed by atoms with Crippen molar-refractivity contribution in [3.63, 3.8) is 0 Å². The largest absolute Gasteiger partial charge is 0.363 e. The first-order valence-corrected chi connectivity index (χ1v) is 3.63. The summed E-state index contributed by atoms with van der Waals surface area (Å²) in [6, 6.07) is 0. The fourth-order valence-corrected chi connectivity index (χ4v) is 0.699. The lowest BCUT2D eigenvalue weighted by Crippen LogP contribution is -2.23. The van der Waals surface area contributed by atoms with Gasteiger partial charge in [0.2, 0.25) is 5.82 Å². The van der Waals surface area contributed by atoms with Crippen molar-refractivity contribution in [2.45, 2.75) is 26.3 Å². The van der Waals surface area contributed by atoms with E-state index in [0.29, 0.717) is 0 Å². The SMILES string of the molecule is CC(C)(C)n1cnc(C(N)=O)n1. The summed E-state index contributed by atoms with van der Waals surface area (Å²) in [4.78, 5) is 14.4. The molecule has 0 aliphatic rings. The molecule has 12 heavy (non-hydrogen) atoms. The number of amides is 1. The topological polar surface area (TPSA) is 73.8 Å². The highest BCUT2D eigenvalue weighted by molar-refractivity contribution is 5.88. The van der Waals surface area contributed by atoms with Crippen molar-refractivity contribution in [2.24, 2.45) is 5.73 Å². The zero-order chi connectivity index (χ0) is 9.35. The molecule has 0 saturated carbocycles. The summed E-state index contributed by atoms with van der Waals surface area (Å²) in [6.45, 7) is 5.89. The summed E-state index contributed by atoms with van der Waals surface area (Å²) in [6.07, 6.45) is 1.50. The van der Waals surface area contributed by atoms with Gasteiger partial charge in [-0.1, -0.05) is 0 Å². The Bertz CT molecular complexity index is 297. The van der Waals surface area contributed by atoms with E-state index in [-0.39, 0.29) is 11.4 Å². The fraction of sp³-hybridized carbons (Fsp3) is 0.571. The number of nitrogens with zero attached hydrogens (tertiary/aromatic N) is 3. The van der Waals surface area contributed by atoms with Crippen molar-refractivity contribution < 1.29 is 4.79 Å². The third-order valence-corrected chi connectivity index (χ3v) is 1.40. The Morgan fingerprint density at radius 1 is 1.58 bits per heavy atom. The molecule has 5 nitrogen and oxygen atoms in total. The van der Waals surface area contributed by atoms with E-state index in [1.807, 2.05) is 20.8 Å². The first-order chi connectivity index (χ1) is 5.41. The molecule has 0 fully saturated rings. The standard InChI is InChI=1S/C7H12N4O/c1-7(2,3)11-4-9-6(10-11)5(8)12/h4H,1-3H3,(H2,8,12). The maximum Gasteiger partial charge on any atom is 0.288 e. The summed E-state index contributed by atoms with van der Waals surface area (Å²) >= 11 is 0. The van der Waals surface area contributed by atoms with Gasteiger partial charge in [0.15, 0.2) is 0 Å². The number of carbonyl (C=O) groups excluding carboxylic acids is 1.